The van der Waals surface area contributed by atoms with E-state index >= 15 is 0 Å². The molecule has 4 heteroatoms. The topological polar surface area (TPSA) is 49.3 Å². The maximum Gasteiger partial charge on any atom is 0.249 e. The summed E-state index contributed by atoms with van der Waals surface area (Å²) >= 11 is 0. The molecule has 3 nitrogen and oxygen atoms in total. The number of carbonyl (C=O) groups is 1. The number of aliphatic hydroxyl groups excluding tert-OH is 1. The first-order valence-electron chi connectivity index (χ1n) is 6.81. The van der Waals surface area contributed by atoms with Crippen LogP contribution in [0.3, 0.4) is 0 Å². The van der Waals surface area contributed by atoms with Crippen molar-refractivity contribution in [2.24, 2.45) is 0 Å². The molecule has 0 bridgehead atoms. The van der Waals surface area contributed by atoms with Crippen LogP contribution in [0.2, 0.25) is 0 Å². The Morgan fingerprint density at radius 3 is 1.95 bits per heavy atom. The van der Waals surface area contributed by atoms with Gasteiger partial charge in [-0.05, 0) is 42.7 Å². The van der Waals surface area contributed by atoms with Gasteiger partial charge in [0.05, 0.1) is 6.04 Å². The van der Waals surface area contributed by atoms with E-state index in [1.54, 1.807) is 12.1 Å². The second-order valence-corrected chi connectivity index (χ2v) is 5.04. The van der Waals surface area contributed by atoms with Gasteiger partial charge < -0.3 is 10.4 Å². The lowest BCUT2D eigenvalue weighted by molar-refractivity contribution is -0.129. The summed E-state index contributed by atoms with van der Waals surface area (Å²) in [6, 6.07) is 13.8. The highest BCUT2D eigenvalue weighted by atomic mass is 19.1. The summed E-state index contributed by atoms with van der Waals surface area (Å²) in [6.07, 6.45) is -1.02. The highest BCUT2D eigenvalue weighted by Crippen LogP contribution is 2.22. The SMILES string of the molecule is CC(O)C(=O)NC(C)c1ccc(-c2ccc(F)cc2)cc1. The normalized spacial score (nSPS) is 13.5. The molecule has 0 saturated carbocycles. The number of carbonyl (C=O) groups excluding carboxylic acids is 1. The lowest BCUT2D eigenvalue weighted by Crippen LogP contribution is -2.34. The Labute approximate surface area is 123 Å². The van der Waals surface area contributed by atoms with Crippen molar-refractivity contribution in [3.63, 3.8) is 0 Å². The predicted octanol–water partition coefficient (Wildman–Crippen LogP) is 3.05. The van der Waals surface area contributed by atoms with Crippen molar-refractivity contribution in [2.75, 3.05) is 0 Å². The van der Waals surface area contributed by atoms with E-state index in [1.807, 2.05) is 31.2 Å². The number of nitrogens with one attached hydrogen (secondary N) is 1. The van der Waals surface area contributed by atoms with Crippen LogP contribution in [0.5, 0.6) is 0 Å². The van der Waals surface area contributed by atoms with Crippen LogP contribution in [-0.2, 0) is 4.79 Å². The number of aliphatic hydroxyl groups is 1. The Bertz CT molecular complexity index is 606. The van der Waals surface area contributed by atoms with Gasteiger partial charge in [-0.1, -0.05) is 36.4 Å². The Balaban J connectivity index is 2.11. The Morgan fingerprint density at radius 2 is 1.48 bits per heavy atom. The first-order chi connectivity index (χ1) is 9.97. The van der Waals surface area contributed by atoms with Gasteiger partial charge in [0.2, 0.25) is 5.91 Å². The van der Waals surface area contributed by atoms with Crippen molar-refractivity contribution in [2.45, 2.75) is 26.0 Å². The van der Waals surface area contributed by atoms with Gasteiger partial charge in [-0.2, -0.15) is 0 Å². The maximum atomic E-state index is 12.9. The molecule has 2 aromatic carbocycles. The van der Waals surface area contributed by atoms with Crippen molar-refractivity contribution >= 4 is 5.91 Å². The van der Waals surface area contributed by atoms with Crippen molar-refractivity contribution in [1.82, 2.24) is 5.32 Å². The number of hydrogen-bond acceptors (Lipinski definition) is 2. The van der Waals surface area contributed by atoms with Crippen LogP contribution >= 0.6 is 0 Å². The largest absolute Gasteiger partial charge is 0.384 e. The van der Waals surface area contributed by atoms with Gasteiger partial charge in [0, 0.05) is 0 Å². The number of amides is 1. The fraction of sp³-hybridized carbons (Fsp3) is 0.235. The van der Waals surface area contributed by atoms with Crippen LogP contribution in [0.1, 0.15) is 25.5 Å². The summed E-state index contributed by atoms with van der Waals surface area (Å²) in [5.41, 5.74) is 2.85. The van der Waals surface area contributed by atoms with Gasteiger partial charge in [0.25, 0.3) is 0 Å². The Morgan fingerprint density at radius 1 is 1.00 bits per heavy atom. The van der Waals surface area contributed by atoms with Crippen molar-refractivity contribution in [3.05, 3.63) is 59.9 Å². The number of rotatable bonds is 4. The second-order valence-electron chi connectivity index (χ2n) is 5.04. The Kier molecular flexibility index (Phi) is 4.70. The van der Waals surface area contributed by atoms with Gasteiger partial charge in [-0.15, -0.1) is 0 Å². The zero-order valence-electron chi connectivity index (χ0n) is 12.0. The summed E-state index contributed by atoms with van der Waals surface area (Å²) < 4.78 is 12.9. The third-order valence-corrected chi connectivity index (χ3v) is 3.33. The third-order valence-electron chi connectivity index (χ3n) is 3.33. The molecule has 0 aliphatic rings. The predicted molar refractivity (Wildman–Crippen MR) is 80.1 cm³/mol. The molecule has 2 rings (SSSR count). The highest BCUT2D eigenvalue weighted by molar-refractivity contribution is 5.80. The maximum absolute atomic E-state index is 12.9. The molecule has 110 valence electrons. The molecule has 2 unspecified atom stereocenters. The van der Waals surface area contributed by atoms with Gasteiger partial charge in [-0.3, -0.25) is 4.79 Å². The molecule has 2 N–H and O–H groups in total. The van der Waals surface area contributed by atoms with Crippen molar-refractivity contribution < 1.29 is 14.3 Å². The van der Waals surface area contributed by atoms with E-state index in [0.29, 0.717) is 0 Å². The summed E-state index contributed by atoms with van der Waals surface area (Å²) in [6.45, 7) is 3.28. The molecule has 0 aliphatic heterocycles. The van der Waals surface area contributed by atoms with Crippen LogP contribution in [0, 0.1) is 5.82 Å². The minimum Gasteiger partial charge on any atom is -0.384 e. The first kappa shape index (κ1) is 15.2. The van der Waals surface area contributed by atoms with E-state index < -0.39 is 12.0 Å². The molecule has 0 spiro atoms. The van der Waals surface area contributed by atoms with Crippen LogP contribution in [0.4, 0.5) is 4.39 Å². The summed E-state index contributed by atoms with van der Waals surface area (Å²) in [5.74, 6) is -0.657. The van der Waals surface area contributed by atoms with E-state index in [4.69, 9.17) is 0 Å². The first-order valence-corrected chi connectivity index (χ1v) is 6.81. The van der Waals surface area contributed by atoms with Gasteiger partial charge in [0.15, 0.2) is 0 Å². The molecule has 2 aromatic rings. The monoisotopic (exact) mass is 287 g/mol. The summed E-state index contributed by atoms with van der Waals surface area (Å²) in [5, 5.41) is 11.9. The number of halogens is 1. The van der Waals surface area contributed by atoms with Gasteiger partial charge in [-0.25, -0.2) is 4.39 Å². The van der Waals surface area contributed by atoms with Crippen LogP contribution < -0.4 is 5.32 Å². The van der Waals surface area contributed by atoms with Crippen molar-refractivity contribution in [3.8, 4) is 11.1 Å². The van der Waals surface area contributed by atoms with Crippen molar-refractivity contribution in [1.29, 1.82) is 0 Å². The lowest BCUT2D eigenvalue weighted by atomic mass is 10.0. The van der Waals surface area contributed by atoms with Gasteiger partial charge >= 0.3 is 0 Å². The molecule has 2 atom stereocenters. The molecule has 0 saturated heterocycles. The highest BCUT2D eigenvalue weighted by Gasteiger charge is 2.13. The van der Waals surface area contributed by atoms with E-state index in [2.05, 4.69) is 5.32 Å². The van der Waals surface area contributed by atoms with Crippen LogP contribution in [0.15, 0.2) is 48.5 Å². The Hall–Kier alpha value is -2.20. The molecule has 0 fully saturated rings. The zero-order chi connectivity index (χ0) is 15.4. The fourth-order valence-corrected chi connectivity index (χ4v) is 2.02. The fourth-order valence-electron chi connectivity index (χ4n) is 2.02. The molecule has 21 heavy (non-hydrogen) atoms. The molecule has 0 radical (unpaired) electrons. The lowest BCUT2D eigenvalue weighted by Gasteiger charge is -2.16. The second kappa shape index (κ2) is 6.50. The molecule has 0 heterocycles. The standard InChI is InChI=1S/C17H18FNO2/c1-11(19-17(21)12(2)20)13-3-5-14(6-4-13)15-7-9-16(18)10-8-15/h3-12,20H,1-2H3,(H,19,21). The van der Waals surface area contributed by atoms with E-state index in [-0.39, 0.29) is 11.9 Å². The minimum atomic E-state index is -1.02. The summed E-state index contributed by atoms with van der Waals surface area (Å²) in [4.78, 5) is 11.5. The quantitative estimate of drug-likeness (QED) is 0.908. The average Bonchev–Trinajstić information content (AvgIpc) is 2.48. The molecule has 0 aromatic heterocycles. The average molecular weight is 287 g/mol. The number of hydrogen-bond donors (Lipinski definition) is 2. The molecule has 0 aliphatic carbocycles. The molecular formula is C17H18FNO2. The smallest absolute Gasteiger partial charge is 0.249 e. The minimum absolute atomic E-state index is 0.186. The third kappa shape index (κ3) is 3.89. The molecular weight excluding hydrogens is 269 g/mol. The van der Waals surface area contributed by atoms with E-state index in [1.165, 1.54) is 19.1 Å². The van der Waals surface area contributed by atoms with E-state index in [0.717, 1.165) is 16.7 Å². The van der Waals surface area contributed by atoms with Gasteiger partial charge in [0.1, 0.15) is 11.9 Å². The van der Waals surface area contributed by atoms with Crippen LogP contribution in [0.25, 0.3) is 11.1 Å². The number of benzene rings is 2. The zero-order valence-corrected chi connectivity index (χ0v) is 12.0. The summed E-state index contributed by atoms with van der Waals surface area (Å²) in [7, 11) is 0. The van der Waals surface area contributed by atoms with Crippen LogP contribution in [-0.4, -0.2) is 17.1 Å². The molecule has 1 amide bonds. The van der Waals surface area contributed by atoms with E-state index in [9.17, 15) is 14.3 Å².